The number of fused-ring (bicyclic) bond motifs is 3. The van der Waals surface area contributed by atoms with Gasteiger partial charge in [0.2, 0.25) is 0 Å². The first-order chi connectivity index (χ1) is 20.6. The van der Waals surface area contributed by atoms with Crippen molar-refractivity contribution in [3.8, 4) is 11.1 Å². The van der Waals surface area contributed by atoms with Crippen LogP contribution in [0.3, 0.4) is 0 Å². The van der Waals surface area contributed by atoms with Crippen molar-refractivity contribution in [2.45, 2.75) is 96.8 Å². The third kappa shape index (κ3) is 5.04. The van der Waals surface area contributed by atoms with Crippen LogP contribution in [0.15, 0.2) is 114 Å². The summed E-state index contributed by atoms with van der Waals surface area (Å²) in [5, 5.41) is 0. The van der Waals surface area contributed by atoms with Crippen LogP contribution in [-0.4, -0.2) is 0 Å². The largest absolute Gasteiger partial charge is 0.0801 e. The number of unbranched alkanes of at least 4 members (excludes halogenated alkanes) is 1. The van der Waals surface area contributed by atoms with Gasteiger partial charge in [-0.25, -0.2) is 0 Å². The summed E-state index contributed by atoms with van der Waals surface area (Å²) in [6.45, 7) is 16.5. The van der Waals surface area contributed by atoms with Crippen molar-refractivity contribution in [3.63, 3.8) is 0 Å². The maximum Gasteiger partial charge on any atom is 0.0676 e. The molecule has 0 bridgehead atoms. The molecule has 2 aliphatic rings. The molecule has 0 nitrogen and oxygen atoms in total. The summed E-state index contributed by atoms with van der Waals surface area (Å²) in [5.41, 5.74) is 15.7. The SMILES string of the molecule is CCCCC1=C(C(c2ccccc2)(c2ccccc2)c2c(C(C)(C)C)ccc3c2Cc2cc(C(C)(C)C)ccc2-3)CC=C1. The summed E-state index contributed by atoms with van der Waals surface area (Å²) in [7, 11) is 0. The van der Waals surface area contributed by atoms with Crippen LogP contribution < -0.4 is 0 Å². The molecular weight excluding hydrogens is 516 g/mol. The standard InChI is InChI=1S/C43H48/c1-8-9-17-30-18-16-23-38(30)43(32-19-12-10-13-20-32,33-21-14-11-15-22-33)40-37-29-31-28-34(41(2,3)4)24-25-35(31)36(37)26-27-39(40)42(5,6)7/h10-16,18-22,24-28H,8-9,17,23,29H2,1-7H3. The molecule has 43 heavy (non-hydrogen) atoms. The van der Waals surface area contributed by atoms with E-state index in [1.807, 2.05) is 0 Å². The van der Waals surface area contributed by atoms with Crippen LogP contribution in [0, 0.1) is 0 Å². The Balaban J connectivity index is 1.76. The molecule has 4 aromatic rings. The number of hydrogen-bond acceptors (Lipinski definition) is 0. The van der Waals surface area contributed by atoms with E-state index in [2.05, 4.69) is 152 Å². The van der Waals surface area contributed by atoms with E-state index in [-0.39, 0.29) is 10.8 Å². The number of hydrogen-bond donors (Lipinski definition) is 0. The molecule has 0 heteroatoms. The van der Waals surface area contributed by atoms with Crippen LogP contribution in [0.5, 0.6) is 0 Å². The fourth-order valence-electron chi connectivity index (χ4n) is 7.67. The Morgan fingerprint density at radius 2 is 1.28 bits per heavy atom. The molecule has 6 rings (SSSR count). The van der Waals surface area contributed by atoms with Crippen LogP contribution in [0.2, 0.25) is 0 Å². The lowest BCUT2D eigenvalue weighted by Crippen LogP contribution is -2.36. The molecule has 4 aromatic carbocycles. The molecule has 0 spiro atoms. The number of benzene rings is 4. The molecule has 2 aliphatic carbocycles. The van der Waals surface area contributed by atoms with Gasteiger partial charge in [0, 0.05) is 0 Å². The Morgan fingerprint density at radius 3 is 1.86 bits per heavy atom. The van der Waals surface area contributed by atoms with E-state index in [9.17, 15) is 0 Å². The molecule has 0 aliphatic heterocycles. The van der Waals surface area contributed by atoms with E-state index < -0.39 is 5.41 Å². The second kappa shape index (κ2) is 11.1. The zero-order valence-electron chi connectivity index (χ0n) is 27.4. The van der Waals surface area contributed by atoms with Gasteiger partial charge in [-0.3, -0.25) is 0 Å². The highest BCUT2D eigenvalue weighted by Crippen LogP contribution is 2.56. The Bertz CT molecular complexity index is 1640. The second-order valence-electron chi connectivity index (χ2n) is 14.8. The normalized spacial score (nSPS) is 14.8. The third-order valence-corrected chi connectivity index (χ3v) is 9.82. The summed E-state index contributed by atoms with van der Waals surface area (Å²) < 4.78 is 0. The molecule has 0 atom stereocenters. The van der Waals surface area contributed by atoms with Crippen molar-refractivity contribution in [1.82, 2.24) is 0 Å². The average molecular weight is 565 g/mol. The smallest absolute Gasteiger partial charge is 0.0676 e. The zero-order chi connectivity index (χ0) is 30.4. The van der Waals surface area contributed by atoms with Gasteiger partial charge in [0.1, 0.15) is 0 Å². The van der Waals surface area contributed by atoms with Gasteiger partial charge >= 0.3 is 0 Å². The van der Waals surface area contributed by atoms with Gasteiger partial charge in [-0.05, 0) is 97.7 Å². The highest BCUT2D eigenvalue weighted by molar-refractivity contribution is 5.82. The van der Waals surface area contributed by atoms with Gasteiger partial charge in [-0.2, -0.15) is 0 Å². The molecule has 0 saturated heterocycles. The molecule has 0 unspecified atom stereocenters. The van der Waals surface area contributed by atoms with E-state index >= 15 is 0 Å². The van der Waals surface area contributed by atoms with E-state index in [1.165, 1.54) is 68.5 Å². The lowest BCUT2D eigenvalue weighted by Gasteiger charge is -2.43. The van der Waals surface area contributed by atoms with Crippen molar-refractivity contribution < 1.29 is 0 Å². The van der Waals surface area contributed by atoms with Crippen LogP contribution in [-0.2, 0) is 22.7 Å². The van der Waals surface area contributed by atoms with Gasteiger partial charge in [0.15, 0.2) is 0 Å². The Hall–Kier alpha value is -3.64. The lowest BCUT2D eigenvalue weighted by atomic mass is 9.59. The minimum atomic E-state index is -0.391. The number of allylic oxidation sites excluding steroid dienone is 4. The van der Waals surface area contributed by atoms with Crippen LogP contribution >= 0.6 is 0 Å². The molecule has 0 aromatic heterocycles. The predicted molar refractivity (Wildman–Crippen MR) is 185 cm³/mol. The highest BCUT2D eigenvalue weighted by Gasteiger charge is 2.46. The molecule has 0 heterocycles. The Labute approximate surface area is 260 Å². The summed E-state index contributed by atoms with van der Waals surface area (Å²) in [5.74, 6) is 0. The second-order valence-corrected chi connectivity index (χ2v) is 14.8. The fraction of sp³-hybridized carbons (Fsp3) is 0.349. The zero-order valence-corrected chi connectivity index (χ0v) is 27.4. The summed E-state index contributed by atoms with van der Waals surface area (Å²) in [6.07, 6.45) is 10.4. The first-order valence-corrected chi connectivity index (χ1v) is 16.4. The Morgan fingerprint density at radius 1 is 0.651 bits per heavy atom. The molecule has 0 fully saturated rings. The van der Waals surface area contributed by atoms with Crippen LogP contribution in [0.25, 0.3) is 11.1 Å². The molecule has 0 N–H and O–H groups in total. The summed E-state index contributed by atoms with van der Waals surface area (Å²) >= 11 is 0. The minimum absolute atomic E-state index is 0.0271. The first kappa shape index (κ1) is 29.4. The predicted octanol–water partition coefficient (Wildman–Crippen LogP) is 11.6. The maximum atomic E-state index is 2.49. The monoisotopic (exact) mass is 564 g/mol. The van der Waals surface area contributed by atoms with Gasteiger partial charge in [-0.1, -0.05) is 158 Å². The topological polar surface area (TPSA) is 0 Å². The average Bonchev–Trinajstić information content (AvgIpc) is 3.61. The third-order valence-electron chi connectivity index (χ3n) is 9.82. The molecule has 0 radical (unpaired) electrons. The molecule has 0 amide bonds. The van der Waals surface area contributed by atoms with Crippen molar-refractivity contribution in [2.24, 2.45) is 0 Å². The van der Waals surface area contributed by atoms with Crippen molar-refractivity contribution in [3.05, 3.63) is 153 Å². The van der Waals surface area contributed by atoms with Crippen molar-refractivity contribution in [2.75, 3.05) is 0 Å². The fourth-order valence-corrected chi connectivity index (χ4v) is 7.67. The minimum Gasteiger partial charge on any atom is -0.0801 e. The quantitative estimate of drug-likeness (QED) is 0.172. The summed E-state index contributed by atoms with van der Waals surface area (Å²) in [4.78, 5) is 0. The first-order valence-electron chi connectivity index (χ1n) is 16.4. The van der Waals surface area contributed by atoms with Gasteiger partial charge in [-0.15, -0.1) is 0 Å². The highest BCUT2D eigenvalue weighted by atomic mass is 14.5. The molecule has 220 valence electrons. The van der Waals surface area contributed by atoms with Gasteiger partial charge < -0.3 is 0 Å². The van der Waals surface area contributed by atoms with Crippen LogP contribution in [0.1, 0.15) is 113 Å². The molecule has 0 saturated carbocycles. The van der Waals surface area contributed by atoms with E-state index in [1.54, 1.807) is 5.57 Å². The van der Waals surface area contributed by atoms with Gasteiger partial charge in [0.05, 0.1) is 5.41 Å². The van der Waals surface area contributed by atoms with E-state index in [0.29, 0.717) is 0 Å². The number of rotatable bonds is 7. The molecular formula is C43H48. The lowest BCUT2D eigenvalue weighted by molar-refractivity contribution is 0.562. The summed E-state index contributed by atoms with van der Waals surface area (Å²) in [6, 6.07) is 35.0. The Kier molecular flexibility index (Phi) is 7.62. The van der Waals surface area contributed by atoms with Crippen LogP contribution in [0.4, 0.5) is 0 Å². The van der Waals surface area contributed by atoms with Crippen molar-refractivity contribution >= 4 is 0 Å². The van der Waals surface area contributed by atoms with Crippen molar-refractivity contribution in [1.29, 1.82) is 0 Å². The van der Waals surface area contributed by atoms with E-state index in [0.717, 1.165) is 19.3 Å². The maximum absolute atomic E-state index is 2.49. The van der Waals surface area contributed by atoms with E-state index in [4.69, 9.17) is 0 Å². The van der Waals surface area contributed by atoms with Gasteiger partial charge in [0.25, 0.3) is 0 Å².